The van der Waals surface area contributed by atoms with Crippen molar-refractivity contribution in [2.75, 3.05) is 13.7 Å². The molecule has 5 heteroatoms. The number of halogens is 2. The van der Waals surface area contributed by atoms with Crippen LogP contribution >= 0.6 is 11.6 Å². The van der Waals surface area contributed by atoms with Crippen LogP contribution in [-0.4, -0.2) is 13.7 Å². The molecular weight excluding hydrogens is 329 g/mol. The van der Waals surface area contributed by atoms with E-state index in [2.05, 4.69) is 19.2 Å². The van der Waals surface area contributed by atoms with Gasteiger partial charge in [-0.15, -0.1) is 0 Å². The van der Waals surface area contributed by atoms with Gasteiger partial charge >= 0.3 is 0 Å². The van der Waals surface area contributed by atoms with E-state index in [1.54, 1.807) is 19.2 Å². The van der Waals surface area contributed by atoms with Gasteiger partial charge in [-0.25, -0.2) is 4.39 Å². The minimum absolute atomic E-state index is 0.0447. The predicted molar refractivity (Wildman–Crippen MR) is 95.3 cm³/mol. The molecule has 0 fully saturated rings. The number of rotatable bonds is 8. The summed E-state index contributed by atoms with van der Waals surface area (Å²) in [5.74, 6) is 1.40. The summed E-state index contributed by atoms with van der Waals surface area (Å²) in [7, 11) is 1.59. The highest BCUT2D eigenvalue weighted by Gasteiger charge is 2.13. The third-order valence-electron chi connectivity index (χ3n) is 3.57. The average Bonchev–Trinajstić information content (AvgIpc) is 2.54. The van der Waals surface area contributed by atoms with Crippen LogP contribution < -0.4 is 14.8 Å². The Morgan fingerprint density at radius 1 is 1.17 bits per heavy atom. The van der Waals surface area contributed by atoms with E-state index in [0.29, 0.717) is 34.5 Å². The summed E-state index contributed by atoms with van der Waals surface area (Å²) >= 11 is 6.06. The van der Waals surface area contributed by atoms with Crippen LogP contribution in [0.5, 0.6) is 11.5 Å². The molecule has 3 nitrogen and oxygen atoms in total. The molecule has 0 spiro atoms. The van der Waals surface area contributed by atoms with Crippen molar-refractivity contribution in [2.24, 2.45) is 5.92 Å². The summed E-state index contributed by atoms with van der Waals surface area (Å²) in [6, 6.07) is 10.3. The first-order valence-electron chi connectivity index (χ1n) is 7.95. The van der Waals surface area contributed by atoms with Crippen molar-refractivity contribution < 1.29 is 13.9 Å². The van der Waals surface area contributed by atoms with Crippen LogP contribution in [0.4, 0.5) is 4.39 Å². The van der Waals surface area contributed by atoms with Crippen LogP contribution in [0.1, 0.15) is 25.0 Å². The lowest BCUT2D eigenvalue weighted by Gasteiger charge is -2.17. The minimum atomic E-state index is -0.378. The van der Waals surface area contributed by atoms with Gasteiger partial charge in [0.2, 0.25) is 0 Å². The molecule has 24 heavy (non-hydrogen) atoms. The lowest BCUT2D eigenvalue weighted by atomic mass is 10.1. The number of ether oxygens (including phenoxy) is 2. The third-order valence-corrected chi connectivity index (χ3v) is 3.93. The summed E-state index contributed by atoms with van der Waals surface area (Å²) < 4.78 is 25.2. The van der Waals surface area contributed by atoms with Gasteiger partial charge in [-0.3, -0.25) is 0 Å². The lowest BCUT2D eigenvalue weighted by Crippen LogP contribution is -2.19. The molecule has 130 valence electrons. The maximum absolute atomic E-state index is 13.9. The summed E-state index contributed by atoms with van der Waals surface area (Å²) in [6.07, 6.45) is 0. The Kier molecular flexibility index (Phi) is 6.88. The smallest absolute Gasteiger partial charge is 0.166 e. The predicted octanol–water partition coefficient (Wildman–Crippen LogP) is 4.81. The molecule has 0 bridgehead atoms. The second-order valence-electron chi connectivity index (χ2n) is 5.96. The van der Waals surface area contributed by atoms with E-state index in [-0.39, 0.29) is 12.4 Å². The van der Waals surface area contributed by atoms with Crippen molar-refractivity contribution in [2.45, 2.75) is 27.0 Å². The molecule has 0 unspecified atom stereocenters. The summed E-state index contributed by atoms with van der Waals surface area (Å²) in [5, 5.41) is 3.73. The first-order chi connectivity index (χ1) is 11.5. The molecule has 0 amide bonds. The molecule has 0 saturated carbocycles. The molecule has 0 atom stereocenters. The maximum atomic E-state index is 13.9. The van der Waals surface area contributed by atoms with Crippen molar-refractivity contribution in [1.29, 1.82) is 0 Å². The molecule has 2 aromatic rings. The van der Waals surface area contributed by atoms with Crippen molar-refractivity contribution in [3.8, 4) is 11.5 Å². The van der Waals surface area contributed by atoms with Crippen LogP contribution in [0.3, 0.4) is 0 Å². The van der Waals surface area contributed by atoms with Gasteiger partial charge in [0.25, 0.3) is 0 Å². The first kappa shape index (κ1) is 18.6. The van der Waals surface area contributed by atoms with Crippen molar-refractivity contribution in [1.82, 2.24) is 5.32 Å². The number of nitrogens with one attached hydrogen (secondary N) is 1. The number of hydrogen-bond acceptors (Lipinski definition) is 3. The fourth-order valence-electron chi connectivity index (χ4n) is 2.34. The quantitative estimate of drug-likeness (QED) is 0.740. The highest BCUT2D eigenvalue weighted by atomic mass is 35.5. The van der Waals surface area contributed by atoms with Crippen molar-refractivity contribution >= 4 is 11.6 Å². The molecule has 0 heterocycles. The number of methoxy groups -OCH3 is 1. The van der Waals surface area contributed by atoms with E-state index in [1.165, 1.54) is 6.07 Å². The largest absolute Gasteiger partial charge is 0.493 e. The monoisotopic (exact) mass is 351 g/mol. The van der Waals surface area contributed by atoms with Gasteiger partial charge in [0.05, 0.1) is 12.1 Å². The van der Waals surface area contributed by atoms with E-state index in [4.69, 9.17) is 21.1 Å². The average molecular weight is 352 g/mol. The van der Waals surface area contributed by atoms with Crippen molar-refractivity contribution in [3.63, 3.8) is 0 Å². The SMILES string of the molecule is COc1cccc(CNCC(C)C)c1OCc1c(F)cccc1Cl. The van der Waals surface area contributed by atoms with Crippen LogP contribution in [0.25, 0.3) is 0 Å². The Hall–Kier alpha value is -1.78. The standard InChI is InChI=1S/C19H23ClFNO2/c1-13(2)10-22-11-14-6-4-9-18(23-3)19(14)24-12-15-16(20)7-5-8-17(15)21/h4-9,13,22H,10-12H2,1-3H3. The van der Waals surface area contributed by atoms with Crippen LogP contribution in [0.2, 0.25) is 5.02 Å². The summed E-state index contributed by atoms with van der Waals surface area (Å²) in [5.41, 5.74) is 1.30. The second kappa shape index (κ2) is 8.90. The Morgan fingerprint density at radius 3 is 2.58 bits per heavy atom. The molecular formula is C19H23ClFNO2. The molecule has 2 rings (SSSR count). The highest BCUT2D eigenvalue weighted by molar-refractivity contribution is 6.31. The van der Waals surface area contributed by atoms with Crippen LogP contribution in [0, 0.1) is 11.7 Å². The fourth-order valence-corrected chi connectivity index (χ4v) is 2.55. The van der Waals surface area contributed by atoms with Gasteiger partial charge in [0.1, 0.15) is 12.4 Å². The van der Waals surface area contributed by atoms with E-state index < -0.39 is 0 Å². The molecule has 0 aliphatic heterocycles. The normalized spacial score (nSPS) is 10.9. The summed E-state index contributed by atoms with van der Waals surface area (Å²) in [6.45, 7) is 5.89. The molecule has 0 radical (unpaired) electrons. The van der Waals surface area contributed by atoms with E-state index >= 15 is 0 Å². The zero-order valence-corrected chi connectivity index (χ0v) is 15.0. The second-order valence-corrected chi connectivity index (χ2v) is 6.37. The molecule has 0 aliphatic carbocycles. The molecule has 1 N–H and O–H groups in total. The Morgan fingerprint density at radius 2 is 1.92 bits per heavy atom. The van der Waals surface area contributed by atoms with Gasteiger partial charge < -0.3 is 14.8 Å². The Balaban J connectivity index is 2.18. The minimum Gasteiger partial charge on any atom is -0.493 e. The Bertz CT molecular complexity index is 656. The first-order valence-corrected chi connectivity index (χ1v) is 8.33. The van der Waals surface area contributed by atoms with Crippen LogP contribution in [-0.2, 0) is 13.2 Å². The zero-order chi connectivity index (χ0) is 17.5. The Labute approximate surface area is 147 Å². The van der Waals surface area contributed by atoms with Gasteiger partial charge in [-0.1, -0.05) is 43.6 Å². The van der Waals surface area contributed by atoms with E-state index in [0.717, 1.165) is 12.1 Å². The fraction of sp³-hybridized carbons (Fsp3) is 0.368. The van der Waals surface area contributed by atoms with Crippen molar-refractivity contribution in [3.05, 3.63) is 58.4 Å². The molecule has 0 aromatic heterocycles. The number of para-hydroxylation sites is 1. The molecule has 0 aliphatic rings. The number of benzene rings is 2. The molecule has 0 saturated heterocycles. The number of hydrogen-bond donors (Lipinski definition) is 1. The van der Waals surface area contributed by atoms with E-state index in [9.17, 15) is 4.39 Å². The van der Waals surface area contributed by atoms with Gasteiger partial charge in [0.15, 0.2) is 11.5 Å². The van der Waals surface area contributed by atoms with Crippen LogP contribution in [0.15, 0.2) is 36.4 Å². The van der Waals surface area contributed by atoms with Gasteiger partial charge in [-0.05, 0) is 30.7 Å². The maximum Gasteiger partial charge on any atom is 0.166 e. The topological polar surface area (TPSA) is 30.5 Å². The highest BCUT2D eigenvalue weighted by Crippen LogP contribution is 2.32. The molecule has 2 aromatic carbocycles. The third kappa shape index (κ3) is 4.86. The lowest BCUT2D eigenvalue weighted by molar-refractivity contribution is 0.276. The zero-order valence-electron chi connectivity index (χ0n) is 14.2. The van der Waals surface area contributed by atoms with Gasteiger partial charge in [0, 0.05) is 17.7 Å². The summed E-state index contributed by atoms with van der Waals surface area (Å²) in [4.78, 5) is 0. The van der Waals surface area contributed by atoms with E-state index in [1.807, 2.05) is 18.2 Å². The van der Waals surface area contributed by atoms with Gasteiger partial charge in [-0.2, -0.15) is 0 Å².